The number of nitrogens with two attached hydrogens (primary N) is 1. The molecule has 0 aliphatic carbocycles. The van der Waals surface area contributed by atoms with Crippen LogP contribution in [0.25, 0.3) is 16.8 Å². The van der Waals surface area contributed by atoms with Gasteiger partial charge in [0.25, 0.3) is 0 Å². The van der Waals surface area contributed by atoms with E-state index in [1.807, 2.05) is 12.1 Å². The lowest BCUT2D eigenvalue weighted by Crippen LogP contribution is -2.15. The summed E-state index contributed by atoms with van der Waals surface area (Å²) in [6.07, 6.45) is 6.49. The van der Waals surface area contributed by atoms with Gasteiger partial charge in [0, 0.05) is 36.6 Å². The topological polar surface area (TPSA) is 68.0 Å². The molecule has 0 aliphatic heterocycles. The molecule has 0 bridgehead atoms. The highest BCUT2D eigenvalue weighted by Gasteiger charge is 2.12. The van der Waals surface area contributed by atoms with Crippen LogP contribution in [0.3, 0.4) is 0 Å². The number of rotatable bonds is 7. The van der Waals surface area contributed by atoms with Gasteiger partial charge in [-0.3, -0.25) is 9.78 Å². The molecule has 2 aromatic rings. The van der Waals surface area contributed by atoms with Gasteiger partial charge in [0.05, 0.1) is 11.4 Å². The standard InChI is InChI=1S/C21H24FN3O/c1-4-6-17(13-25-20(12-23)15(3)26)18-7-5-10-24-21(18)16-8-9-19(22)14(2)11-16/h5,7-13,25H,4,6,23H2,1-3H3/b17-13+,20-12-. The van der Waals surface area contributed by atoms with Crippen LogP contribution in [0, 0.1) is 12.7 Å². The molecule has 3 N–H and O–H groups in total. The number of hydrogen-bond donors (Lipinski definition) is 2. The number of Topliss-reactive ketones (excluding diaryl/α,β-unsaturated/α-hetero) is 1. The van der Waals surface area contributed by atoms with E-state index in [2.05, 4.69) is 17.2 Å². The number of halogens is 1. The predicted molar refractivity (Wildman–Crippen MR) is 103 cm³/mol. The highest BCUT2D eigenvalue weighted by Crippen LogP contribution is 2.30. The Bertz CT molecular complexity index is 856. The van der Waals surface area contributed by atoms with Gasteiger partial charge in [-0.2, -0.15) is 0 Å². The Morgan fingerprint density at radius 3 is 2.73 bits per heavy atom. The lowest BCUT2D eigenvalue weighted by molar-refractivity contribution is -0.113. The molecule has 0 atom stereocenters. The smallest absolute Gasteiger partial charge is 0.177 e. The number of allylic oxidation sites excluding steroid dienone is 2. The molecule has 0 saturated carbocycles. The molecule has 0 aliphatic rings. The molecule has 0 saturated heterocycles. The van der Waals surface area contributed by atoms with E-state index in [0.29, 0.717) is 11.3 Å². The first-order chi connectivity index (χ1) is 12.5. The van der Waals surface area contributed by atoms with Gasteiger partial charge in [-0.1, -0.05) is 19.4 Å². The normalized spacial score (nSPS) is 12.2. The van der Waals surface area contributed by atoms with Crippen LogP contribution in [-0.4, -0.2) is 10.8 Å². The summed E-state index contributed by atoms with van der Waals surface area (Å²) in [4.78, 5) is 16.1. The summed E-state index contributed by atoms with van der Waals surface area (Å²) in [6.45, 7) is 5.27. The molecule has 0 radical (unpaired) electrons. The van der Waals surface area contributed by atoms with E-state index >= 15 is 0 Å². The number of carbonyl (C=O) groups excluding carboxylic acids is 1. The van der Waals surface area contributed by atoms with Crippen LogP contribution in [0.5, 0.6) is 0 Å². The SMILES string of the molecule is CCC/C(=C\N/C(=C\N)C(C)=O)c1cccnc1-c1ccc(F)c(C)c1. The van der Waals surface area contributed by atoms with E-state index in [1.54, 1.807) is 31.5 Å². The molecule has 2 rings (SSSR count). The summed E-state index contributed by atoms with van der Waals surface area (Å²) in [5.41, 5.74) is 9.97. The van der Waals surface area contributed by atoms with E-state index in [4.69, 9.17) is 5.73 Å². The molecule has 1 heterocycles. The highest BCUT2D eigenvalue weighted by molar-refractivity contribution is 5.93. The molecule has 4 nitrogen and oxygen atoms in total. The van der Waals surface area contributed by atoms with Crippen molar-refractivity contribution in [2.24, 2.45) is 5.73 Å². The molecule has 0 spiro atoms. The van der Waals surface area contributed by atoms with Gasteiger partial charge in [-0.15, -0.1) is 0 Å². The van der Waals surface area contributed by atoms with Gasteiger partial charge >= 0.3 is 0 Å². The Kier molecular flexibility index (Phi) is 6.67. The third-order valence-corrected chi connectivity index (χ3v) is 4.05. The highest BCUT2D eigenvalue weighted by atomic mass is 19.1. The van der Waals surface area contributed by atoms with Crippen molar-refractivity contribution < 1.29 is 9.18 Å². The van der Waals surface area contributed by atoms with Gasteiger partial charge in [0.1, 0.15) is 5.82 Å². The van der Waals surface area contributed by atoms with Crippen molar-refractivity contribution in [1.82, 2.24) is 10.3 Å². The molecular formula is C21H24FN3O. The number of aromatic nitrogens is 1. The van der Waals surface area contributed by atoms with E-state index < -0.39 is 0 Å². The molecule has 0 unspecified atom stereocenters. The summed E-state index contributed by atoms with van der Waals surface area (Å²) in [6, 6.07) is 8.81. The maximum absolute atomic E-state index is 13.6. The lowest BCUT2D eigenvalue weighted by atomic mass is 9.96. The van der Waals surface area contributed by atoms with Crippen LogP contribution in [0.4, 0.5) is 4.39 Å². The van der Waals surface area contributed by atoms with Gasteiger partial charge in [0.15, 0.2) is 5.78 Å². The molecule has 5 heteroatoms. The molecule has 1 aromatic heterocycles. The second-order valence-corrected chi connectivity index (χ2v) is 6.06. The van der Waals surface area contributed by atoms with Crippen LogP contribution < -0.4 is 11.1 Å². The maximum atomic E-state index is 13.6. The average molecular weight is 353 g/mol. The van der Waals surface area contributed by atoms with Crippen molar-refractivity contribution in [2.75, 3.05) is 0 Å². The Hall–Kier alpha value is -2.95. The lowest BCUT2D eigenvalue weighted by Gasteiger charge is -2.14. The van der Waals surface area contributed by atoms with Crippen LogP contribution in [0.15, 0.2) is 54.6 Å². The van der Waals surface area contributed by atoms with Crippen LogP contribution in [0.1, 0.15) is 37.8 Å². The Morgan fingerprint density at radius 1 is 1.35 bits per heavy atom. The third-order valence-electron chi connectivity index (χ3n) is 4.05. The number of ketones is 1. The van der Waals surface area contributed by atoms with E-state index in [9.17, 15) is 9.18 Å². The number of nitrogens with zero attached hydrogens (tertiary/aromatic N) is 1. The van der Waals surface area contributed by atoms with Gasteiger partial charge < -0.3 is 11.1 Å². The number of nitrogens with one attached hydrogen (secondary N) is 1. The van der Waals surface area contributed by atoms with E-state index in [1.165, 1.54) is 19.2 Å². The average Bonchev–Trinajstić information content (AvgIpc) is 2.63. The monoisotopic (exact) mass is 353 g/mol. The van der Waals surface area contributed by atoms with Gasteiger partial charge in [-0.25, -0.2) is 4.39 Å². The minimum absolute atomic E-state index is 0.139. The Balaban J connectivity index is 2.49. The second kappa shape index (κ2) is 8.94. The summed E-state index contributed by atoms with van der Waals surface area (Å²) < 4.78 is 13.6. The van der Waals surface area contributed by atoms with Crippen molar-refractivity contribution in [3.05, 3.63) is 71.6 Å². The summed E-state index contributed by atoms with van der Waals surface area (Å²) >= 11 is 0. The Labute approximate surface area is 153 Å². The fraction of sp³-hybridized carbons (Fsp3) is 0.238. The van der Waals surface area contributed by atoms with Crippen molar-refractivity contribution in [2.45, 2.75) is 33.6 Å². The molecular weight excluding hydrogens is 329 g/mol. The van der Waals surface area contributed by atoms with Crippen molar-refractivity contribution in [1.29, 1.82) is 0 Å². The number of pyridine rings is 1. The molecule has 26 heavy (non-hydrogen) atoms. The summed E-state index contributed by atoms with van der Waals surface area (Å²) in [5, 5.41) is 2.99. The van der Waals surface area contributed by atoms with Crippen molar-refractivity contribution in [3.8, 4) is 11.3 Å². The molecule has 0 amide bonds. The third kappa shape index (κ3) is 4.57. The first-order valence-electron chi connectivity index (χ1n) is 8.58. The fourth-order valence-corrected chi connectivity index (χ4v) is 2.67. The predicted octanol–water partition coefficient (Wildman–Crippen LogP) is 4.32. The van der Waals surface area contributed by atoms with Gasteiger partial charge in [-0.05, 0) is 48.7 Å². The molecule has 1 aromatic carbocycles. The van der Waals surface area contributed by atoms with Crippen LogP contribution >= 0.6 is 0 Å². The summed E-state index contributed by atoms with van der Waals surface area (Å²) in [5.74, 6) is -0.378. The number of hydrogen-bond acceptors (Lipinski definition) is 4. The zero-order valence-electron chi connectivity index (χ0n) is 15.3. The minimum atomic E-state index is -0.239. The largest absolute Gasteiger partial charge is 0.403 e. The van der Waals surface area contributed by atoms with Crippen molar-refractivity contribution >= 4 is 11.4 Å². The summed E-state index contributed by atoms with van der Waals surface area (Å²) in [7, 11) is 0. The minimum Gasteiger partial charge on any atom is -0.403 e. The number of aryl methyl sites for hydroxylation is 1. The Morgan fingerprint density at radius 2 is 2.12 bits per heavy atom. The number of benzene rings is 1. The second-order valence-electron chi connectivity index (χ2n) is 6.06. The fourth-order valence-electron chi connectivity index (χ4n) is 2.67. The van der Waals surface area contributed by atoms with Crippen LogP contribution in [-0.2, 0) is 4.79 Å². The first-order valence-corrected chi connectivity index (χ1v) is 8.58. The zero-order valence-corrected chi connectivity index (χ0v) is 15.3. The number of carbonyl (C=O) groups is 1. The molecule has 0 fully saturated rings. The molecule has 136 valence electrons. The van der Waals surface area contributed by atoms with Crippen molar-refractivity contribution in [3.63, 3.8) is 0 Å². The maximum Gasteiger partial charge on any atom is 0.177 e. The van der Waals surface area contributed by atoms with E-state index in [0.717, 1.165) is 35.2 Å². The van der Waals surface area contributed by atoms with E-state index in [-0.39, 0.29) is 11.6 Å². The quantitative estimate of drug-likeness (QED) is 0.728. The van der Waals surface area contributed by atoms with Crippen LogP contribution in [0.2, 0.25) is 0 Å². The van der Waals surface area contributed by atoms with Gasteiger partial charge in [0.2, 0.25) is 0 Å². The first kappa shape index (κ1) is 19.4. The zero-order chi connectivity index (χ0) is 19.1.